The van der Waals surface area contributed by atoms with Crippen molar-refractivity contribution in [1.29, 1.82) is 0 Å². The van der Waals surface area contributed by atoms with Crippen LogP contribution in [0.4, 0.5) is 10.2 Å². The van der Waals surface area contributed by atoms with Crippen LogP contribution in [0.1, 0.15) is 0 Å². The number of anilines is 1. The van der Waals surface area contributed by atoms with Crippen LogP contribution in [0.3, 0.4) is 0 Å². The van der Waals surface area contributed by atoms with E-state index in [2.05, 4.69) is 15.0 Å². The van der Waals surface area contributed by atoms with E-state index < -0.39 is 0 Å². The molecule has 4 nitrogen and oxygen atoms in total. The van der Waals surface area contributed by atoms with Gasteiger partial charge in [0.05, 0.1) is 5.69 Å². The molecule has 4 rings (SSSR count). The minimum absolute atomic E-state index is 0.263. The Hall–Kier alpha value is -3.21. The number of nitrogen functional groups attached to an aromatic ring is 1. The molecule has 3 aromatic heterocycles. The first-order valence-corrected chi connectivity index (χ1v) is 7.17. The predicted molar refractivity (Wildman–Crippen MR) is 89.1 cm³/mol. The average molecular weight is 304 g/mol. The van der Waals surface area contributed by atoms with Crippen molar-refractivity contribution < 1.29 is 4.39 Å². The number of nitrogens with one attached hydrogen (secondary N) is 1. The zero-order valence-corrected chi connectivity index (χ0v) is 12.1. The number of rotatable bonds is 2. The SMILES string of the molecule is Nc1ccc2c(-c3ccc(F)cc3)c(-c3ccncc3)[nH]c2n1. The molecule has 1 aromatic carbocycles. The number of aromatic amines is 1. The van der Waals surface area contributed by atoms with Crippen molar-refractivity contribution in [1.82, 2.24) is 15.0 Å². The maximum Gasteiger partial charge on any atom is 0.140 e. The smallest absolute Gasteiger partial charge is 0.140 e. The van der Waals surface area contributed by atoms with Gasteiger partial charge in [0.2, 0.25) is 0 Å². The summed E-state index contributed by atoms with van der Waals surface area (Å²) in [5.41, 5.74) is 10.3. The van der Waals surface area contributed by atoms with Gasteiger partial charge in [-0.2, -0.15) is 0 Å². The molecule has 112 valence electrons. The van der Waals surface area contributed by atoms with Crippen molar-refractivity contribution >= 4 is 16.9 Å². The molecule has 0 fully saturated rings. The summed E-state index contributed by atoms with van der Waals surface area (Å²) in [4.78, 5) is 11.7. The molecule has 0 unspecified atom stereocenters. The minimum Gasteiger partial charge on any atom is -0.384 e. The van der Waals surface area contributed by atoms with E-state index in [1.54, 1.807) is 30.6 Å². The van der Waals surface area contributed by atoms with Gasteiger partial charge in [-0.3, -0.25) is 4.98 Å². The Kier molecular flexibility index (Phi) is 3.05. The number of hydrogen-bond donors (Lipinski definition) is 2. The summed E-state index contributed by atoms with van der Waals surface area (Å²) in [6, 6.07) is 14.0. The Balaban J connectivity index is 2.05. The maximum absolute atomic E-state index is 13.3. The third kappa shape index (κ3) is 2.32. The largest absolute Gasteiger partial charge is 0.384 e. The molecule has 0 aliphatic heterocycles. The molecule has 3 heterocycles. The molecule has 0 bridgehead atoms. The van der Waals surface area contributed by atoms with Gasteiger partial charge in [-0.1, -0.05) is 12.1 Å². The summed E-state index contributed by atoms with van der Waals surface area (Å²) < 4.78 is 13.3. The molecule has 3 N–H and O–H groups in total. The summed E-state index contributed by atoms with van der Waals surface area (Å²) in [5, 5.41) is 0.942. The van der Waals surface area contributed by atoms with Gasteiger partial charge in [-0.15, -0.1) is 0 Å². The topological polar surface area (TPSA) is 67.6 Å². The van der Waals surface area contributed by atoms with Gasteiger partial charge in [0.15, 0.2) is 0 Å². The summed E-state index contributed by atoms with van der Waals surface area (Å²) >= 11 is 0. The minimum atomic E-state index is -0.263. The quantitative estimate of drug-likeness (QED) is 0.588. The molecule has 0 atom stereocenters. The van der Waals surface area contributed by atoms with Gasteiger partial charge in [-0.05, 0) is 42.0 Å². The summed E-state index contributed by atoms with van der Waals surface area (Å²) in [7, 11) is 0. The molecule has 4 aromatic rings. The Morgan fingerprint density at radius 1 is 0.870 bits per heavy atom. The van der Waals surface area contributed by atoms with Crippen LogP contribution in [0.25, 0.3) is 33.4 Å². The lowest BCUT2D eigenvalue weighted by atomic mass is 9.99. The fourth-order valence-electron chi connectivity index (χ4n) is 2.74. The molecular formula is C18H13FN4. The van der Waals surface area contributed by atoms with E-state index >= 15 is 0 Å². The first-order valence-electron chi connectivity index (χ1n) is 7.17. The van der Waals surface area contributed by atoms with Gasteiger partial charge in [0, 0.05) is 28.9 Å². The highest BCUT2D eigenvalue weighted by Crippen LogP contribution is 2.37. The standard InChI is InChI=1S/C18H13FN4/c19-13-3-1-11(2-4-13)16-14-5-6-15(20)22-18(14)23-17(16)12-7-9-21-10-8-12/h1-10H,(H3,20,22,23). The molecular weight excluding hydrogens is 291 g/mol. The zero-order chi connectivity index (χ0) is 15.8. The lowest BCUT2D eigenvalue weighted by molar-refractivity contribution is 0.628. The second-order valence-corrected chi connectivity index (χ2v) is 5.25. The van der Waals surface area contributed by atoms with Crippen molar-refractivity contribution in [2.75, 3.05) is 5.73 Å². The van der Waals surface area contributed by atoms with Gasteiger partial charge in [0.25, 0.3) is 0 Å². The van der Waals surface area contributed by atoms with E-state index in [4.69, 9.17) is 5.73 Å². The highest BCUT2D eigenvalue weighted by Gasteiger charge is 2.16. The molecule has 0 radical (unpaired) electrons. The van der Waals surface area contributed by atoms with Crippen LogP contribution in [0.2, 0.25) is 0 Å². The van der Waals surface area contributed by atoms with Crippen LogP contribution in [-0.2, 0) is 0 Å². The Morgan fingerprint density at radius 3 is 2.35 bits per heavy atom. The van der Waals surface area contributed by atoms with Crippen LogP contribution < -0.4 is 5.73 Å². The number of pyridine rings is 2. The number of hydrogen-bond acceptors (Lipinski definition) is 3. The lowest BCUT2D eigenvalue weighted by Gasteiger charge is -2.05. The van der Waals surface area contributed by atoms with Crippen LogP contribution in [-0.4, -0.2) is 15.0 Å². The van der Waals surface area contributed by atoms with Crippen LogP contribution in [0.15, 0.2) is 60.9 Å². The van der Waals surface area contributed by atoms with Crippen LogP contribution in [0.5, 0.6) is 0 Å². The monoisotopic (exact) mass is 304 g/mol. The highest BCUT2D eigenvalue weighted by molar-refractivity contribution is 6.02. The first kappa shape index (κ1) is 13.5. The number of benzene rings is 1. The number of H-pyrrole nitrogens is 1. The highest BCUT2D eigenvalue weighted by atomic mass is 19.1. The summed E-state index contributed by atoms with van der Waals surface area (Å²) in [6.07, 6.45) is 3.47. The number of nitrogens with two attached hydrogens (primary N) is 1. The molecule has 0 saturated heterocycles. The van der Waals surface area contributed by atoms with Crippen molar-refractivity contribution in [3.05, 3.63) is 66.7 Å². The number of halogens is 1. The van der Waals surface area contributed by atoms with Crippen molar-refractivity contribution in [2.45, 2.75) is 0 Å². The number of nitrogens with zero attached hydrogens (tertiary/aromatic N) is 2. The first-order chi connectivity index (χ1) is 11.2. The fraction of sp³-hybridized carbons (Fsp3) is 0. The van der Waals surface area contributed by atoms with E-state index in [1.165, 1.54) is 12.1 Å². The maximum atomic E-state index is 13.3. The average Bonchev–Trinajstić information content (AvgIpc) is 2.95. The van der Waals surface area contributed by atoms with Gasteiger partial charge < -0.3 is 10.7 Å². The second kappa shape index (κ2) is 5.21. The summed E-state index contributed by atoms with van der Waals surface area (Å²) in [6.45, 7) is 0. The van der Waals surface area contributed by atoms with Crippen LogP contribution >= 0.6 is 0 Å². The number of aromatic nitrogens is 3. The van der Waals surface area contributed by atoms with E-state index in [9.17, 15) is 4.39 Å². The molecule has 0 aliphatic rings. The third-order valence-corrected chi connectivity index (χ3v) is 3.78. The van der Waals surface area contributed by atoms with Crippen molar-refractivity contribution in [3.63, 3.8) is 0 Å². The van der Waals surface area contributed by atoms with E-state index in [-0.39, 0.29) is 5.82 Å². The second-order valence-electron chi connectivity index (χ2n) is 5.25. The van der Waals surface area contributed by atoms with Gasteiger partial charge >= 0.3 is 0 Å². The normalized spacial score (nSPS) is 11.0. The number of fused-ring (bicyclic) bond motifs is 1. The molecule has 0 saturated carbocycles. The van der Waals surface area contributed by atoms with Crippen LogP contribution in [0, 0.1) is 5.82 Å². The van der Waals surface area contributed by atoms with Crippen molar-refractivity contribution in [3.8, 4) is 22.4 Å². The fourth-order valence-corrected chi connectivity index (χ4v) is 2.74. The summed E-state index contributed by atoms with van der Waals surface area (Å²) in [5.74, 6) is 0.187. The molecule has 0 amide bonds. The Morgan fingerprint density at radius 2 is 1.61 bits per heavy atom. The molecule has 5 heteroatoms. The molecule has 0 aliphatic carbocycles. The zero-order valence-electron chi connectivity index (χ0n) is 12.1. The Labute approximate surface area is 131 Å². The molecule has 0 spiro atoms. The van der Waals surface area contributed by atoms with E-state index in [1.807, 2.05) is 18.2 Å². The van der Waals surface area contributed by atoms with Crippen molar-refractivity contribution in [2.24, 2.45) is 0 Å². The molecule has 23 heavy (non-hydrogen) atoms. The predicted octanol–water partition coefficient (Wildman–Crippen LogP) is 4.01. The third-order valence-electron chi connectivity index (χ3n) is 3.78. The van der Waals surface area contributed by atoms with Gasteiger partial charge in [0.1, 0.15) is 17.3 Å². The van der Waals surface area contributed by atoms with Gasteiger partial charge in [-0.25, -0.2) is 9.37 Å². The van der Waals surface area contributed by atoms with E-state index in [0.717, 1.165) is 27.8 Å². The lowest BCUT2D eigenvalue weighted by Crippen LogP contribution is -1.88. The Bertz CT molecular complexity index is 975. The van der Waals surface area contributed by atoms with E-state index in [0.29, 0.717) is 11.5 Å².